The molecule has 0 bridgehead atoms. The van der Waals surface area contributed by atoms with Gasteiger partial charge in [0.1, 0.15) is 5.56 Å². The highest BCUT2D eigenvalue weighted by atomic mass is 16.5. The van der Waals surface area contributed by atoms with Gasteiger partial charge in [-0.15, -0.1) is 0 Å². The summed E-state index contributed by atoms with van der Waals surface area (Å²) in [5, 5.41) is 0. The standard InChI is InChI=1S/C18H18N2O6/c1-24-14-10-6-9-13(16(14)25-2)18(23)26-11-15(21)19-20-17(22)12-7-4-3-5-8-12/h3-10H,11H2,1-2H3,(H,19,21)(H,20,22). The lowest BCUT2D eigenvalue weighted by Crippen LogP contribution is -2.43. The molecule has 0 spiro atoms. The molecule has 0 saturated heterocycles. The minimum absolute atomic E-state index is 0.118. The Morgan fingerprint density at radius 1 is 0.885 bits per heavy atom. The Balaban J connectivity index is 1.87. The number of hydrazine groups is 1. The summed E-state index contributed by atoms with van der Waals surface area (Å²) in [6.07, 6.45) is 0. The number of hydrogen-bond donors (Lipinski definition) is 2. The van der Waals surface area contributed by atoms with Crippen LogP contribution in [0, 0.1) is 0 Å². The van der Waals surface area contributed by atoms with Crippen LogP contribution in [-0.4, -0.2) is 38.6 Å². The molecule has 2 amide bonds. The topological polar surface area (TPSA) is 103 Å². The van der Waals surface area contributed by atoms with Gasteiger partial charge in [0.2, 0.25) is 0 Å². The third-order valence-electron chi connectivity index (χ3n) is 3.31. The first-order chi connectivity index (χ1) is 12.6. The minimum Gasteiger partial charge on any atom is -0.493 e. The molecule has 0 saturated carbocycles. The van der Waals surface area contributed by atoms with Gasteiger partial charge < -0.3 is 14.2 Å². The molecule has 0 unspecified atom stereocenters. The Labute approximate surface area is 150 Å². The summed E-state index contributed by atoms with van der Waals surface area (Å²) in [4.78, 5) is 35.7. The van der Waals surface area contributed by atoms with E-state index in [9.17, 15) is 14.4 Å². The van der Waals surface area contributed by atoms with Crippen molar-refractivity contribution in [2.75, 3.05) is 20.8 Å². The summed E-state index contributed by atoms with van der Waals surface area (Å²) in [5.74, 6) is -1.37. The maximum Gasteiger partial charge on any atom is 0.342 e. The number of carbonyl (C=O) groups is 3. The number of ether oxygens (including phenoxy) is 3. The van der Waals surface area contributed by atoms with Crippen molar-refractivity contribution >= 4 is 17.8 Å². The van der Waals surface area contributed by atoms with Crippen LogP contribution < -0.4 is 20.3 Å². The van der Waals surface area contributed by atoms with Gasteiger partial charge >= 0.3 is 5.97 Å². The Bertz CT molecular complexity index is 792. The molecule has 0 aliphatic heterocycles. The van der Waals surface area contributed by atoms with Gasteiger partial charge in [0.25, 0.3) is 11.8 Å². The first-order valence-corrected chi connectivity index (χ1v) is 7.59. The zero-order chi connectivity index (χ0) is 18.9. The number of para-hydroxylation sites is 1. The summed E-state index contributed by atoms with van der Waals surface area (Å²) >= 11 is 0. The van der Waals surface area contributed by atoms with Crippen LogP contribution >= 0.6 is 0 Å². The minimum atomic E-state index is -0.759. The van der Waals surface area contributed by atoms with Gasteiger partial charge in [0.05, 0.1) is 14.2 Å². The smallest absolute Gasteiger partial charge is 0.342 e. The first kappa shape index (κ1) is 18.8. The average Bonchev–Trinajstić information content (AvgIpc) is 2.69. The molecular formula is C18H18N2O6. The number of benzene rings is 2. The van der Waals surface area contributed by atoms with E-state index in [1.807, 2.05) is 0 Å². The zero-order valence-electron chi connectivity index (χ0n) is 14.3. The molecule has 0 radical (unpaired) electrons. The predicted octanol–water partition coefficient (Wildman–Crippen LogP) is 1.32. The summed E-state index contributed by atoms with van der Waals surface area (Å²) in [5.41, 5.74) is 4.89. The molecule has 0 fully saturated rings. The highest BCUT2D eigenvalue weighted by Gasteiger charge is 2.18. The van der Waals surface area contributed by atoms with E-state index in [1.54, 1.807) is 42.5 Å². The number of carbonyl (C=O) groups excluding carboxylic acids is 3. The van der Waals surface area contributed by atoms with Crippen LogP contribution in [0.2, 0.25) is 0 Å². The molecule has 8 heteroatoms. The van der Waals surface area contributed by atoms with E-state index in [1.165, 1.54) is 20.3 Å². The molecule has 2 N–H and O–H groups in total. The fourth-order valence-corrected chi connectivity index (χ4v) is 2.08. The van der Waals surface area contributed by atoms with Gasteiger partial charge in [-0.05, 0) is 24.3 Å². The quantitative estimate of drug-likeness (QED) is 0.596. The molecule has 2 rings (SSSR count). The normalized spacial score (nSPS) is 9.77. The number of nitrogens with one attached hydrogen (secondary N) is 2. The van der Waals surface area contributed by atoms with Gasteiger partial charge in [-0.3, -0.25) is 20.4 Å². The van der Waals surface area contributed by atoms with Gasteiger partial charge in [0.15, 0.2) is 18.1 Å². The second kappa shape index (κ2) is 9.07. The van der Waals surface area contributed by atoms with Crippen LogP contribution in [-0.2, 0) is 9.53 Å². The first-order valence-electron chi connectivity index (χ1n) is 7.59. The van der Waals surface area contributed by atoms with Crippen molar-refractivity contribution < 1.29 is 28.6 Å². The third-order valence-corrected chi connectivity index (χ3v) is 3.31. The van der Waals surface area contributed by atoms with Crippen molar-refractivity contribution in [3.05, 3.63) is 59.7 Å². The van der Waals surface area contributed by atoms with Gasteiger partial charge in [-0.2, -0.15) is 0 Å². The van der Waals surface area contributed by atoms with Crippen molar-refractivity contribution in [3.8, 4) is 11.5 Å². The number of rotatable bonds is 6. The Hall–Kier alpha value is -3.55. The summed E-state index contributed by atoms with van der Waals surface area (Å²) in [7, 11) is 2.83. The van der Waals surface area contributed by atoms with Crippen molar-refractivity contribution in [3.63, 3.8) is 0 Å². The van der Waals surface area contributed by atoms with Crippen LogP contribution in [0.4, 0.5) is 0 Å². The number of hydrogen-bond acceptors (Lipinski definition) is 6. The molecule has 2 aromatic rings. The van der Waals surface area contributed by atoms with E-state index in [2.05, 4.69) is 10.9 Å². The fourth-order valence-electron chi connectivity index (χ4n) is 2.08. The van der Waals surface area contributed by atoms with E-state index >= 15 is 0 Å². The highest BCUT2D eigenvalue weighted by Crippen LogP contribution is 2.30. The summed E-state index contributed by atoms with van der Waals surface area (Å²) in [6.45, 7) is -0.575. The molecule has 136 valence electrons. The molecule has 0 aliphatic carbocycles. The molecule has 0 aromatic heterocycles. The van der Waals surface area contributed by atoms with Crippen LogP contribution in [0.15, 0.2) is 48.5 Å². The largest absolute Gasteiger partial charge is 0.493 e. The van der Waals surface area contributed by atoms with Gasteiger partial charge in [-0.25, -0.2) is 4.79 Å². The van der Waals surface area contributed by atoms with Crippen LogP contribution in [0.1, 0.15) is 20.7 Å². The third kappa shape index (κ3) is 4.73. The second-order valence-electron chi connectivity index (χ2n) is 4.99. The zero-order valence-corrected chi connectivity index (χ0v) is 14.3. The van der Waals surface area contributed by atoms with E-state index in [0.29, 0.717) is 11.3 Å². The summed E-state index contributed by atoms with van der Waals surface area (Å²) < 4.78 is 15.2. The van der Waals surface area contributed by atoms with Crippen molar-refractivity contribution in [1.29, 1.82) is 0 Å². The number of amides is 2. The Morgan fingerprint density at radius 3 is 2.27 bits per heavy atom. The van der Waals surface area contributed by atoms with Gasteiger partial charge in [-0.1, -0.05) is 24.3 Å². The molecule has 2 aromatic carbocycles. The maximum absolute atomic E-state index is 12.1. The maximum atomic E-state index is 12.1. The van der Waals surface area contributed by atoms with Crippen LogP contribution in [0.25, 0.3) is 0 Å². The fraction of sp³-hybridized carbons (Fsp3) is 0.167. The molecular weight excluding hydrogens is 340 g/mol. The number of esters is 1. The van der Waals surface area contributed by atoms with E-state index < -0.39 is 24.4 Å². The lowest BCUT2D eigenvalue weighted by atomic mass is 10.2. The molecule has 26 heavy (non-hydrogen) atoms. The van der Waals surface area contributed by atoms with Crippen LogP contribution in [0.5, 0.6) is 11.5 Å². The van der Waals surface area contributed by atoms with E-state index in [0.717, 1.165) is 0 Å². The number of methoxy groups -OCH3 is 2. The lowest BCUT2D eigenvalue weighted by Gasteiger charge is -2.12. The van der Waals surface area contributed by atoms with Crippen molar-refractivity contribution in [2.45, 2.75) is 0 Å². The van der Waals surface area contributed by atoms with Crippen LogP contribution in [0.3, 0.4) is 0 Å². The Morgan fingerprint density at radius 2 is 1.62 bits per heavy atom. The summed E-state index contributed by atoms with van der Waals surface area (Å²) in [6, 6.07) is 13.0. The molecule has 0 atom stereocenters. The van der Waals surface area contributed by atoms with Gasteiger partial charge in [0, 0.05) is 5.56 Å². The van der Waals surface area contributed by atoms with E-state index in [-0.39, 0.29) is 11.3 Å². The lowest BCUT2D eigenvalue weighted by molar-refractivity contribution is -0.125. The molecule has 8 nitrogen and oxygen atoms in total. The monoisotopic (exact) mass is 358 g/mol. The SMILES string of the molecule is COc1cccc(C(=O)OCC(=O)NNC(=O)c2ccccc2)c1OC. The molecule has 0 aliphatic rings. The average molecular weight is 358 g/mol. The second-order valence-corrected chi connectivity index (χ2v) is 4.99. The van der Waals surface area contributed by atoms with E-state index in [4.69, 9.17) is 14.2 Å². The Kier molecular flexibility index (Phi) is 6.55. The van der Waals surface area contributed by atoms with Crippen molar-refractivity contribution in [2.24, 2.45) is 0 Å². The van der Waals surface area contributed by atoms with Crippen molar-refractivity contribution in [1.82, 2.24) is 10.9 Å². The highest BCUT2D eigenvalue weighted by molar-refractivity contribution is 5.96. The molecule has 0 heterocycles. The predicted molar refractivity (Wildman–Crippen MR) is 91.9 cm³/mol.